The summed E-state index contributed by atoms with van der Waals surface area (Å²) in [6, 6.07) is 5.89. The van der Waals surface area contributed by atoms with Crippen molar-refractivity contribution in [1.82, 2.24) is 15.0 Å². The Bertz CT molecular complexity index is 942. The second kappa shape index (κ2) is 7.76. The fraction of sp³-hybridized carbons (Fsp3) is 0.176. The first-order valence-electron chi connectivity index (χ1n) is 7.67. The molecule has 2 N–H and O–H groups in total. The molecule has 1 aromatic carbocycles. The number of hydrogen-bond donors (Lipinski definition) is 2. The highest BCUT2D eigenvalue weighted by Crippen LogP contribution is 2.21. The Morgan fingerprint density at radius 1 is 1.19 bits per heavy atom. The number of nitrogens with one attached hydrogen (secondary N) is 2. The van der Waals surface area contributed by atoms with Crippen molar-refractivity contribution in [3.63, 3.8) is 0 Å². The van der Waals surface area contributed by atoms with Crippen molar-refractivity contribution < 1.29 is 9.18 Å². The summed E-state index contributed by atoms with van der Waals surface area (Å²) < 4.78 is 13.1. The minimum absolute atomic E-state index is 0.0450. The van der Waals surface area contributed by atoms with Crippen molar-refractivity contribution in [3.8, 4) is 0 Å². The molecule has 3 aromatic rings. The van der Waals surface area contributed by atoms with Gasteiger partial charge in [-0.05, 0) is 38.1 Å². The molecule has 1 amide bonds. The Hall–Kier alpha value is -2.58. The second-order valence-electron chi connectivity index (χ2n) is 5.60. The molecule has 0 saturated carbocycles. The number of aromatic nitrogens is 3. The van der Waals surface area contributed by atoms with Gasteiger partial charge in [-0.15, -0.1) is 11.3 Å². The summed E-state index contributed by atoms with van der Waals surface area (Å²) in [5, 5.41) is 8.03. The number of carbonyl (C=O) groups excluding carboxylic acids is 1. The molecule has 9 heteroatoms. The van der Waals surface area contributed by atoms with Gasteiger partial charge in [0.1, 0.15) is 5.82 Å². The van der Waals surface area contributed by atoms with Crippen LogP contribution in [0.4, 0.5) is 21.2 Å². The number of benzene rings is 1. The average Bonchev–Trinajstić information content (AvgIpc) is 2.96. The largest absolute Gasteiger partial charge is 0.326 e. The predicted molar refractivity (Wildman–Crippen MR) is 101 cm³/mol. The summed E-state index contributed by atoms with van der Waals surface area (Å²) in [5.41, 5.74) is 2.74. The Labute approximate surface area is 158 Å². The second-order valence-corrected chi connectivity index (χ2v) is 6.86. The van der Waals surface area contributed by atoms with E-state index in [0.717, 1.165) is 11.4 Å². The Kier molecular flexibility index (Phi) is 5.43. The molecule has 26 heavy (non-hydrogen) atoms. The van der Waals surface area contributed by atoms with E-state index in [1.54, 1.807) is 5.38 Å². The molecule has 2 aromatic heterocycles. The van der Waals surface area contributed by atoms with Crippen LogP contribution in [0.15, 0.2) is 29.6 Å². The minimum atomic E-state index is -0.534. The maximum Gasteiger partial charge on any atom is 0.230 e. The number of hydrogen-bond acceptors (Lipinski definition) is 6. The molecular weight excluding hydrogens is 377 g/mol. The zero-order valence-electron chi connectivity index (χ0n) is 14.0. The highest BCUT2D eigenvalue weighted by molar-refractivity contribution is 7.13. The first-order chi connectivity index (χ1) is 12.4. The maximum atomic E-state index is 13.1. The van der Waals surface area contributed by atoms with Crippen LogP contribution in [0.5, 0.6) is 0 Å². The van der Waals surface area contributed by atoms with Gasteiger partial charge in [-0.3, -0.25) is 4.79 Å². The normalized spacial score (nSPS) is 10.6. The number of nitrogens with zero attached hydrogens (tertiary/aromatic N) is 3. The third kappa shape index (κ3) is 4.74. The van der Waals surface area contributed by atoms with Crippen molar-refractivity contribution in [1.29, 1.82) is 0 Å². The molecule has 0 spiro atoms. The van der Waals surface area contributed by atoms with Gasteiger partial charge < -0.3 is 10.6 Å². The molecule has 0 aliphatic rings. The van der Waals surface area contributed by atoms with E-state index < -0.39 is 5.82 Å². The number of anilines is 3. The number of carbonyl (C=O) groups is 1. The molecule has 0 atom stereocenters. The topological polar surface area (TPSA) is 79.8 Å². The monoisotopic (exact) mass is 391 g/mol. The first kappa shape index (κ1) is 18.2. The highest BCUT2D eigenvalue weighted by atomic mass is 35.5. The summed E-state index contributed by atoms with van der Waals surface area (Å²) in [7, 11) is 0. The van der Waals surface area contributed by atoms with Crippen molar-refractivity contribution in [2.45, 2.75) is 20.3 Å². The van der Waals surface area contributed by atoms with Crippen molar-refractivity contribution in [3.05, 3.63) is 57.6 Å². The fourth-order valence-corrected chi connectivity index (χ4v) is 3.15. The lowest BCUT2D eigenvalue weighted by Crippen LogP contribution is -2.14. The summed E-state index contributed by atoms with van der Waals surface area (Å²) >= 11 is 7.06. The van der Waals surface area contributed by atoms with Gasteiger partial charge in [-0.25, -0.2) is 19.3 Å². The molecule has 3 rings (SSSR count). The van der Waals surface area contributed by atoms with Crippen LogP contribution < -0.4 is 10.6 Å². The van der Waals surface area contributed by atoms with Gasteiger partial charge in [-0.1, -0.05) is 11.6 Å². The van der Waals surface area contributed by atoms with E-state index in [1.165, 1.54) is 29.5 Å². The van der Waals surface area contributed by atoms with Crippen LogP contribution in [0.1, 0.15) is 17.1 Å². The van der Waals surface area contributed by atoms with Gasteiger partial charge in [0.25, 0.3) is 0 Å². The maximum absolute atomic E-state index is 13.1. The van der Waals surface area contributed by atoms with Crippen molar-refractivity contribution in [2.75, 3.05) is 10.6 Å². The number of aryl methyl sites for hydroxylation is 2. The lowest BCUT2D eigenvalue weighted by Gasteiger charge is -2.05. The summed E-state index contributed by atoms with van der Waals surface area (Å²) in [6.07, 6.45) is 0.0842. The molecule has 0 bridgehead atoms. The van der Waals surface area contributed by atoms with Gasteiger partial charge >= 0.3 is 0 Å². The zero-order valence-corrected chi connectivity index (χ0v) is 15.6. The molecule has 0 aliphatic carbocycles. The van der Waals surface area contributed by atoms with Crippen LogP contribution >= 0.6 is 22.9 Å². The van der Waals surface area contributed by atoms with Crippen LogP contribution in [0, 0.1) is 19.7 Å². The summed E-state index contributed by atoms with van der Waals surface area (Å²) in [4.78, 5) is 25.1. The fourth-order valence-electron chi connectivity index (χ4n) is 2.27. The van der Waals surface area contributed by atoms with Gasteiger partial charge in [0.2, 0.25) is 11.9 Å². The minimum Gasteiger partial charge on any atom is -0.326 e. The molecule has 2 heterocycles. The smallest absolute Gasteiger partial charge is 0.230 e. The lowest BCUT2D eigenvalue weighted by molar-refractivity contribution is -0.115. The summed E-state index contributed by atoms with van der Waals surface area (Å²) in [5.74, 6) is -0.338. The van der Waals surface area contributed by atoms with E-state index in [0.29, 0.717) is 22.5 Å². The van der Waals surface area contributed by atoms with E-state index in [9.17, 15) is 9.18 Å². The number of thiazole rings is 1. The predicted octanol–water partition coefficient (Wildman–Crippen LogP) is 4.27. The molecule has 0 saturated heterocycles. The Morgan fingerprint density at radius 2 is 1.92 bits per heavy atom. The number of amides is 1. The molecule has 0 aliphatic heterocycles. The lowest BCUT2D eigenvalue weighted by atomic mass is 10.2. The Morgan fingerprint density at radius 3 is 2.62 bits per heavy atom. The van der Waals surface area contributed by atoms with Crippen LogP contribution in [0.2, 0.25) is 5.02 Å². The third-order valence-corrected chi connectivity index (χ3v) is 4.39. The van der Waals surface area contributed by atoms with Gasteiger partial charge in [0.15, 0.2) is 5.13 Å². The zero-order chi connectivity index (χ0) is 18.7. The van der Waals surface area contributed by atoms with Gasteiger partial charge in [-0.2, -0.15) is 0 Å². The standard InChI is InChI=1S/C17H15ClFN5OS/c1-9-5-10(2)21-16(20-9)24-17-23-12(8-26-17)7-15(25)22-11-3-4-14(19)13(18)6-11/h3-6,8H,7H2,1-2H3,(H,22,25)(H,20,21,23,24). The van der Waals surface area contributed by atoms with Crippen molar-refractivity contribution in [2.24, 2.45) is 0 Å². The van der Waals surface area contributed by atoms with Gasteiger partial charge in [0.05, 0.1) is 17.1 Å². The first-order valence-corrected chi connectivity index (χ1v) is 8.93. The Balaban J connectivity index is 1.62. The quantitative estimate of drug-likeness (QED) is 0.679. The molecule has 0 unspecified atom stereocenters. The van der Waals surface area contributed by atoms with Gasteiger partial charge in [0, 0.05) is 22.5 Å². The molecule has 134 valence electrons. The van der Waals surface area contributed by atoms with E-state index in [4.69, 9.17) is 11.6 Å². The van der Waals surface area contributed by atoms with Crippen LogP contribution in [0.25, 0.3) is 0 Å². The van der Waals surface area contributed by atoms with E-state index >= 15 is 0 Å². The molecule has 6 nitrogen and oxygen atoms in total. The summed E-state index contributed by atoms with van der Waals surface area (Å²) in [6.45, 7) is 3.78. The van der Waals surface area contributed by atoms with Crippen molar-refractivity contribution >= 4 is 45.6 Å². The molecule has 0 radical (unpaired) electrons. The highest BCUT2D eigenvalue weighted by Gasteiger charge is 2.10. The average molecular weight is 392 g/mol. The van der Waals surface area contributed by atoms with E-state index in [-0.39, 0.29) is 17.4 Å². The van der Waals surface area contributed by atoms with Crippen LogP contribution in [0.3, 0.4) is 0 Å². The number of rotatable bonds is 5. The number of halogens is 2. The molecular formula is C17H15ClFN5OS. The van der Waals surface area contributed by atoms with E-state index in [2.05, 4.69) is 25.6 Å². The third-order valence-electron chi connectivity index (χ3n) is 3.30. The molecule has 0 fully saturated rings. The van der Waals surface area contributed by atoms with E-state index in [1.807, 2.05) is 19.9 Å². The van der Waals surface area contributed by atoms with Crippen LogP contribution in [-0.2, 0) is 11.2 Å². The SMILES string of the molecule is Cc1cc(C)nc(Nc2nc(CC(=O)Nc3ccc(F)c(Cl)c3)cs2)n1. The van der Waals surface area contributed by atoms with Crippen LogP contribution in [-0.4, -0.2) is 20.9 Å².